The first-order chi connectivity index (χ1) is 11.7. The summed E-state index contributed by atoms with van der Waals surface area (Å²) in [5.41, 5.74) is 0.763. The lowest BCUT2D eigenvalue weighted by molar-refractivity contribution is -0.132. The van der Waals surface area contributed by atoms with Gasteiger partial charge < -0.3 is 14.6 Å². The zero-order valence-electron chi connectivity index (χ0n) is 13.8. The van der Waals surface area contributed by atoms with Gasteiger partial charge in [-0.25, -0.2) is 0 Å². The highest BCUT2D eigenvalue weighted by Gasteiger charge is 2.25. The fraction of sp³-hybridized carbons (Fsp3) is 0.438. The van der Waals surface area contributed by atoms with Gasteiger partial charge in [0.15, 0.2) is 5.16 Å². The SMILES string of the molecule is CCN1CCOC(C(=O)Nc2ccc(Sc3nncn3C)cc2)C1. The van der Waals surface area contributed by atoms with Gasteiger partial charge in [0, 0.05) is 30.7 Å². The first-order valence-electron chi connectivity index (χ1n) is 7.92. The second-order valence-electron chi connectivity index (χ2n) is 5.59. The van der Waals surface area contributed by atoms with Gasteiger partial charge in [0.1, 0.15) is 12.4 Å². The Bertz CT molecular complexity index is 688. The number of hydrogen-bond acceptors (Lipinski definition) is 6. The molecule has 0 saturated carbocycles. The maximum Gasteiger partial charge on any atom is 0.254 e. The van der Waals surface area contributed by atoms with Crippen molar-refractivity contribution in [2.45, 2.75) is 23.1 Å². The lowest BCUT2D eigenvalue weighted by Crippen LogP contribution is -2.47. The number of anilines is 1. The van der Waals surface area contributed by atoms with Crippen molar-refractivity contribution in [2.75, 3.05) is 31.6 Å². The molecular weight excluding hydrogens is 326 g/mol. The average molecular weight is 347 g/mol. The van der Waals surface area contributed by atoms with Crippen LogP contribution in [0.2, 0.25) is 0 Å². The Labute approximate surface area is 145 Å². The normalized spacial score (nSPS) is 18.5. The van der Waals surface area contributed by atoms with E-state index in [9.17, 15) is 4.79 Å². The molecule has 0 spiro atoms. The summed E-state index contributed by atoms with van der Waals surface area (Å²) in [6.07, 6.45) is 1.26. The minimum atomic E-state index is -0.411. The third kappa shape index (κ3) is 4.14. The Morgan fingerprint density at radius 2 is 2.21 bits per heavy atom. The maximum absolute atomic E-state index is 12.3. The number of benzene rings is 1. The Morgan fingerprint density at radius 3 is 2.88 bits per heavy atom. The van der Waals surface area contributed by atoms with Crippen molar-refractivity contribution in [3.8, 4) is 0 Å². The molecule has 1 aliphatic rings. The molecule has 2 heterocycles. The minimum absolute atomic E-state index is 0.0955. The summed E-state index contributed by atoms with van der Waals surface area (Å²) in [6.45, 7) is 5.14. The molecule has 1 fully saturated rings. The Morgan fingerprint density at radius 1 is 1.42 bits per heavy atom. The molecule has 0 aliphatic carbocycles. The summed E-state index contributed by atoms with van der Waals surface area (Å²) >= 11 is 1.53. The number of rotatable bonds is 5. The average Bonchev–Trinajstić information content (AvgIpc) is 3.01. The number of hydrogen-bond donors (Lipinski definition) is 1. The van der Waals surface area contributed by atoms with Crippen LogP contribution in [0.15, 0.2) is 40.6 Å². The van der Waals surface area contributed by atoms with Crippen LogP contribution < -0.4 is 5.32 Å². The second-order valence-corrected chi connectivity index (χ2v) is 6.63. The zero-order valence-corrected chi connectivity index (χ0v) is 14.6. The molecule has 0 bridgehead atoms. The summed E-state index contributed by atoms with van der Waals surface area (Å²) in [5, 5.41) is 11.6. The third-order valence-electron chi connectivity index (χ3n) is 3.89. The van der Waals surface area contributed by atoms with Crippen LogP contribution in [0.1, 0.15) is 6.92 Å². The van der Waals surface area contributed by atoms with Crippen LogP contribution in [0.3, 0.4) is 0 Å². The van der Waals surface area contributed by atoms with Gasteiger partial charge in [-0.3, -0.25) is 9.69 Å². The summed E-state index contributed by atoms with van der Waals surface area (Å²) in [7, 11) is 1.90. The number of morpholine rings is 1. The van der Waals surface area contributed by atoms with Crippen molar-refractivity contribution in [2.24, 2.45) is 7.05 Å². The van der Waals surface area contributed by atoms with E-state index in [2.05, 4.69) is 27.3 Å². The molecule has 128 valence electrons. The minimum Gasteiger partial charge on any atom is -0.366 e. The topological polar surface area (TPSA) is 72.3 Å². The first kappa shape index (κ1) is 16.9. The molecule has 1 aromatic heterocycles. The van der Waals surface area contributed by atoms with Gasteiger partial charge in [-0.05, 0) is 42.6 Å². The molecule has 1 aromatic carbocycles. The van der Waals surface area contributed by atoms with Crippen molar-refractivity contribution in [1.29, 1.82) is 0 Å². The van der Waals surface area contributed by atoms with Crippen LogP contribution in [0.5, 0.6) is 0 Å². The van der Waals surface area contributed by atoms with E-state index in [0.29, 0.717) is 13.2 Å². The smallest absolute Gasteiger partial charge is 0.254 e. The fourth-order valence-corrected chi connectivity index (χ4v) is 3.21. The van der Waals surface area contributed by atoms with Crippen LogP contribution in [-0.4, -0.2) is 57.9 Å². The highest BCUT2D eigenvalue weighted by Crippen LogP contribution is 2.26. The first-order valence-corrected chi connectivity index (χ1v) is 8.74. The summed E-state index contributed by atoms with van der Waals surface area (Å²) in [5.74, 6) is -0.0955. The number of aryl methyl sites for hydroxylation is 1. The third-order valence-corrected chi connectivity index (χ3v) is 4.95. The second kappa shape index (κ2) is 7.78. The zero-order chi connectivity index (χ0) is 16.9. The summed E-state index contributed by atoms with van der Waals surface area (Å²) in [6, 6.07) is 7.68. The molecule has 1 saturated heterocycles. The molecule has 3 rings (SSSR count). The van der Waals surface area contributed by atoms with Crippen LogP contribution >= 0.6 is 11.8 Å². The van der Waals surface area contributed by atoms with Gasteiger partial charge in [-0.1, -0.05) is 6.92 Å². The standard InChI is InChI=1S/C16H21N5O2S/c1-3-21-8-9-23-14(10-21)15(22)18-12-4-6-13(7-5-12)24-16-19-17-11-20(16)2/h4-7,11,14H,3,8-10H2,1-2H3,(H,18,22). The molecule has 1 amide bonds. The van der Waals surface area contributed by atoms with Gasteiger partial charge in [-0.15, -0.1) is 10.2 Å². The number of carbonyl (C=O) groups is 1. The van der Waals surface area contributed by atoms with Gasteiger partial charge in [-0.2, -0.15) is 0 Å². The number of nitrogens with one attached hydrogen (secondary N) is 1. The number of ether oxygens (including phenoxy) is 1. The van der Waals surface area contributed by atoms with Gasteiger partial charge in [0.05, 0.1) is 6.61 Å². The van der Waals surface area contributed by atoms with Gasteiger partial charge >= 0.3 is 0 Å². The predicted molar refractivity (Wildman–Crippen MR) is 92.1 cm³/mol. The van der Waals surface area contributed by atoms with Crippen LogP contribution in [0.4, 0.5) is 5.69 Å². The van der Waals surface area contributed by atoms with Crippen molar-refractivity contribution < 1.29 is 9.53 Å². The van der Waals surface area contributed by atoms with Crippen molar-refractivity contribution in [1.82, 2.24) is 19.7 Å². The van der Waals surface area contributed by atoms with E-state index in [0.717, 1.165) is 28.8 Å². The van der Waals surface area contributed by atoms with Crippen LogP contribution in [0.25, 0.3) is 0 Å². The highest BCUT2D eigenvalue weighted by molar-refractivity contribution is 7.99. The Hall–Kier alpha value is -1.90. The van der Waals surface area contributed by atoms with E-state index in [1.807, 2.05) is 35.9 Å². The molecule has 1 atom stereocenters. The summed E-state index contributed by atoms with van der Waals surface area (Å²) < 4.78 is 7.44. The number of likely N-dealkylation sites (N-methyl/N-ethyl adjacent to an activating group) is 1. The monoisotopic (exact) mass is 347 g/mol. The summed E-state index contributed by atoms with van der Waals surface area (Å²) in [4.78, 5) is 15.6. The van der Waals surface area contributed by atoms with Crippen molar-refractivity contribution >= 4 is 23.4 Å². The maximum atomic E-state index is 12.3. The van der Waals surface area contributed by atoms with Crippen molar-refractivity contribution in [3.05, 3.63) is 30.6 Å². The predicted octanol–water partition coefficient (Wildman–Crippen LogP) is 1.63. The molecular formula is C16H21N5O2S. The molecule has 1 aliphatic heterocycles. The Kier molecular flexibility index (Phi) is 5.49. The van der Waals surface area contributed by atoms with Crippen molar-refractivity contribution in [3.63, 3.8) is 0 Å². The van der Waals surface area contributed by atoms with Gasteiger partial charge in [0.25, 0.3) is 5.91 Å². The van der Waals surface area contributed by atoms with Gasteiger partial charge in [0.2, 0.25) is 0 Å². The number of amides is 1. The highest BCUT2D eigenvalue weighted by atomic mass is 32.2. The lowest BCUT2D eigenvalue weighted by atomic mass is 10.2. The lowest BCUT2D eigenvalue weighted by Gasteiger charge is -2.31. The number of nitrogens with zero attached hydrogens (tertiary/aromatic N) is 4. The quantitative estimate of drug-likeness (QED) is 0.886. The van der Waals surface area contributed by atoms with E-state index in [-0.39, 0.29) is 5.91 Å². The van der Waals surface area contributed by atoms with E-state index in [4.69, 9.17) is 4.74 Å². The molecule has 8 heteroatoms. The molecule has 7 nitrogen and oxygen atoms in total. The number of carbonyl (C=O) groups excluding carboxylic acids is 1. The van der Waals surface area contributed by atoms with E-state index >= 15 is 0 Å². The van der Waals surface area contributed by atoms with E-state index in [1.165, 1.54) is 11.8 Å². The number of aromatic nitrogens is 3. The van der Waals surface area contributed by atoms with E-state index < -0.39 is 6.10 Å². The molecule has 1 unspecified atom stereocenters. The van der Waals surface area contributed by atoms with E-state index in [1.54, 1.807) is 6.33 Å². The molecule has 0 radical (unpaired) electrons. The largest absolute Gasteiger partial charge is 0.366 e. The molecule has 24 heavy (non-hydrogen) atoms. The van der Waals surface area contributed by atoms with Crippen LogP contribution in [-0.2, 0) is 16.6 Å². The Balaban J connectivity index is 1.57. The van der Waals surface area contributed by atoms with Crippen LogP contribution in [0, 0.1) is 0 Å². The molecule has 2 aromatic rings. The fourth-order valence-electron chi connectivity index (χ4n) is 2.45. The molecule has 1 N–H and O–H groups in total.